The molecule has 0 radical (unpaired) electrons. The summed E-state index contributed by atoms with van der Waals surface area (Å²) in [6.45, 7) is 3.51. The van der Waals surface area contributed by atoms with Crippen molar-refractivity contribution in [1.29, 1.82) is 0 Å². The molecule has 206 valence electrons. The van der Waals surface area contributed by atoms with Crippen LogP contribution in [0.2, 0.25) is 0 Å². The van der Waals surface area contributed by atoms with E-state index < -0.39 is 45.2 Å². The number of likely N-dealkylation sites (N-methyl/N-ethyl adjacent to an activating group) is 1. The Morgan fingerprint density at radius 3 is 2.49 bits per heavy atom. The van der Waals surface area contributed by atoms with Gasteiger partial charge in [0.25, 0.3) is 0 Å². The molecular weight excluding hydrogens is 507 g/mol. The highest BCUT2D eigenvalue weighted by Gasteiger charge is 2.38. The molecule has 0 amide bonds. The quantitative estimate of drug-likeness (QED) is 0.461. The third-order valence-corrected chi connectivity index (χ3v) is 9.56. The van der Waals surface area contributed by atoms with Crippen LogP contribution in [0, 0.1) is 5.41 Å². The Morgan fingerprint density at radius 2 is 1.92 bits per heavy atom. The fraction of sp³-hybridized carbons (Fsp3) is 0.615. The SMILES string of the molecule is CC(CC1(C)CCCC1)c1cc(C(F)(F)F)cc(S(=O)(=O)N(C)C2CCCC(=NCC(=O)O)C2=CN)c1. The van der Waals surface area contributed by atoms with E-state index in [-0.39, 0.29) is 11.3 Å². The number of rotatable bonds is 8. The van der Waals surface area contributed by atoms with E-state index in [0.717, 1.165) is 36.1 Å². The summed E-state index contributed by atoms with van der Waals surface area (Å²) < 4.78 is 70.0. The van der Waals surface area contributed by atoms with Gasteiger partial charge in [-0.3, -0.25) is 9.79 Å². The summed E-state index contributed by atoms with van der Waals surface area (Å²) in [5.41, 5.74) is 5.92. The molecule has 0 bridgehead atoms. The minimum atomic E-state index is -4.71. The second kappa shape index (κ2) is 11.1. The number of nitrogens with zero attached hydrogens (tertiary/aromatic N) is 2. The summed E-state index contributed by atoms with van der Waals surface area (Å²) in [6, 6.07) is 2.33. The maximum absolute atomic E-state index is 13.9. The van der Waals surface area contributed by atoms with Crippen LogP contribution < -0.4 is 5.73 Å². The number of aliphatic carboxylic acids is 1. The lowest BCUT2D eigenvalue weighted by molar-refractivity contribution is -0.138. The molecule has 0 heterocycles. The summed E-state index contributed by atoms with van der Waals surface area (Å²) in [6.07, 6.45) is 2.71. The highest BCUT2D eigenvalue weighted by molar-refractivity contribution is 7.89. The lowest BCUT2D eigenvalue weighted by Crippen LogP contribution is -2.42. The van der Waals surface area contributed by atoms with Gasteiger partial charge in [-0.25, -0.2) is 8.42 Å². The average Bonchev–Trinajstić information content (AvgIpc) is 3.26. The lowest BCUT2D eigenvalue weighted by atomic mass is 9.78. The van der Waals surface area contributed by atoms with E-state index in [4.69, 9.17) is 10.8 Å². The Bertz CT molecular complexity index is 1170. The van der Waals surface area contributed by atoms with E-state index in [1.807, 2.05) is 6.92 Å². The average molecular weight is 544 g/mol. The molecule has 2 fully saturated rings. The Kier molecular flexibility index (Phi) is 8.78. The van der Waals surface area contributed by atoms with Gasteiger partial charge in [0, 0.05) is 24.5 Å². The van der Waals surface area contributed by atoms with Crippen molar-refractivity contribution in [3.63, 3.8) is 0 Å². The van der Waals surface area contributed by atoms with Gasteiger partial charge >= 0.3 is 12.1 Å². The fourth-order valence-corrected chi connectivity index (χ4v) is 7.16. The number of halogens is 3. The molecule has 1 aromatic rings. The highest BCUT2D eigenvalue weighted by atomic mass is 32.2. The zero-order valence-electron chi connectivity index (χ0n) is 21.5. The third-order valence-electron chi connectivity index (χ3n) is 7.72. The van der Waals surface area contributed by atoms with Crippen LogP contribution in [-0.4, -0.2) is 49.1 Å². The first-order valence-electron chi connectivity index (χ1n) is 12.6. The Labute approximate surface area is 216 Å². The number of carbonyl (C=O) groups is 1. The van der Waals surface area contributed by atoms with Gasteiger partial charge in [0.2, 0.25) is 10.0 Å². The second-order valence-electron chi connectivity index (χ2n) is 10.6. The monoisotopic (exact) mass is 543 g/mol. The number of carboxylic acid groups (broad SMARTS) is 1. The van der Waals surface area contributed by atoms with E-state index in [1.165, 1.54) is 19.3 Å². The van der Waals surface area contributed by atoms with Crippen LogP contribution in [0.15, 0.2) is 39.9 Å². The van der Waals surface area contributed by atoms with E-state index in [0.29, 0.717) is 48.6 Å². The van der Waals surface area contributed by atoms with Crippen LogP contribution in [0.25, 0.3) is 0 Å². The molecule has 3 N–H and O–H groups in total. The zero-order chi connectivity index (χ0) is 27.6. The van der Waals surface area contributed by atoms with Crippen molar-refractivity contribution in [2.45, 2.75) is 88.2 Å². The summed E-state index contributed by atoms with van der Waals surface area (Å²) in [5, 5.41) is 8.97. The van der Waals surface area contributed by atoms with Gasteiger partial charge in [-0.1, -0.05) is 26.7 Å². The van der Waals surface area contributed by atoms with Gasteiger partial charge in [-0.2, -0.15) is 17.5 Å². The van der Waals surface area contributed by atoms with Crippen molar-refractivity contribution in [3.05, 3.63) is 41.1 Å². The summed E-state index contributed by atoms with van der Waals surface area (Å²) in [4.78, 5) is 14.6. The molecule has 0 aliphatic heterocycles. The Morgan fingerprint density at radius 1 is 1.27 bits per heavy atom. The smallest absolute Gasteiger partial charge is 0.416 e. The normalized spacial score (nSPS) is 23.6. The molecular formula is C26H36F3N3O4S. The number of alkyl halides is 3. The van der Waals surface area contributed by atoms with Crippen LogP contribution in [-0.2, 0) is 21.0 Å². The molecule has 37 heavy (non-hydrogen) atoms. The van der Waals surface area contributed by atoms with Crippen LogP contribution >= 0.6 is 0 Å². The van der Waals surface area contributed by atoms with E-state index >= 15 is 0 Å². The first kappa shape index (κ1) is 29.2. The van der Waals surface area contributed by atoms with Crippen molar-refractivity contribution in [3.8, 4) is 0 Å². The van der Waals surface area contributed by atoms with Gasteiger partial charge in [0.05, 0.1) is 16.5 Å². The molecule has 0 aromatic heterocycles. The molecule has 7 nitrogen and oxygen atoms in total. The van der Waals surface area contributed by atoms with Gasteiger partial charge in [-0.15, -0.1) is 0 Å². The van der Waals surface area contributed by atoms with Crippen molar-refractivity contribution < 1.29 is 31.5 Å². The number of aliphatic imine (C=N–C) groups is 1. The number of hydrogen-bond acceptors (Lipinski definition) is 5. The zero-order valence-corrected chi connectivity index (χ0v) is 22.3. The predicted molar refractivity (Wildman–Crippen MR) is 136 cm³/mol. The maximum atomic E-state index is 13.9. The van der Waals surface area contributed by atoms with Crippen LogP contribution in [0.4, 0.5) is 13.2 Å². The standard InChI is InChI=1S/C26H36F3N3O4S/c1-17(14-25(2)9-4-5-10-25)18-11-19(26(27,28)29)13-20(12-18)37(35,36)32(3)23-8-6-7-22(21(23)15-30)31-16-24(33)34/h11-13,15,17,23H,4-10,14,16,30H2,1-3H3,(H,33,34). The predicted octanol–water partition coefficient (Wildman–Crippen LogP) is 5.32. The molecule has 1 aromatic carbocycles. The van der Waals surface area contributed by atoms with E-state index in [1.54, 1.807) is 0 Å². The molecule has 2 atom stereocenters. The first-order chi connectivity index (χ1) is 17.2. The largest absolute Gasteiger partial charge is 0.480 e. The molecule has 0 saturated heterocycles. The maximum Gasteiger partial charge on any atom is 0.416 e. The topological polar surface area (TPSA) is 113 Å². The highest BCUT2D eigenvalue weighted by Crippen LogP contribution is 2.45. The Balaban J connectivity index is 1.99. The molecule has 0 spiro atoms. The number of nitrogens with two attached hydrogens (primary N) is 1. The van der Waals surface area contributed by atoms with Crippen LogP contribution in [0.1, 0.15) is 82.3 Å². The summed E-state index contributed by atoms with van der Waals surface area (Å²) >= 11 is 0. The summed E-state index contributed by atoms with van der Waals surface area (Å²) in [7, 11) is -3.04. The third kappa shape index (κ3) is 6.73. The number of hydrogen-bond donors (Lipinski definition) is 2. The van der Waals surface area contributed by atoms with E-state index in [2.05, 4.69) is 11.9 Å². The number of benzene rings is 1. The minimum Gasteiger partial charge on any atom is -0.480 e. The van der Waals surface area contributed by atoms with E-state index in [9.17, 15) is 26.4 Å². The van der Waals surface area contributed by atoms with Crippen LogP contribution in [0.5, 0.6) is 0 Å². The van der Waals surface area contributed by atoms with Crippen molar-refractivity contribution in [1.82, 2.24) is 4.31 Å². The van der Waals surface area contributed by atoms with Gasteiger partial charge in [0.15, 0.2) is 0 Å². The van der Waals surface area contributed by atoms with Crippen molar-refractivity contribution >= 4 is 21.7 Å². The van der Waals surface area contributed by atoms with Gasteiger partial charge in [-0.05, 0) is 73.6 Å². The Hall–Kier alpha value is -2.40. The second-order valence-corrected chi connectivity index (χ2v) is 12.6. The number of carboxylic acids is 1. The van der Waals surface area contributed by atoms with Crippen LogP contribution in [0.3, 0.4) is 0 Å². The molecule has 2 saturated carbocycles. The first-order valence-corrected chi connectivity index (χ1v) is 14.0. The number of sulfonamides is 1. The minimum absolute atomic E-state index is 0.0259. The fourth-order valence-electron chi connectivity index (χ4n) is 5.72. The van der Waals surface area contributed by atoms with Gasteiger partial charge < -0.3 is 10.8 Å². The van der Waals surface area contributed by atoms with Gasteiger partial charge in [0.1, 0.15) is 6.54 Å². The molecule has 3 rings (SSSR count). The molecule has 2 aliphatic carbocycles. The molecule has 11 heteroatoms. The lowest BCUT2D eigenvalue weighted by Gasteiger charge is -2.34. The van der Waals surface area contributed by atoms with Crippen molar-refractivity contribution in [2.24, 2.45) is 16.1 Å². The molecule has 2 aliphatic rings. The summed E-state index contributed by atoms with van der Waals surface area (Å²) in [5.74, 6) is -1.39. The van der Waals surface area contributed by atoms with Crippen molar-refractivity contribution in [2.75, 3.05) is 13.6 Å². The molecule has 2 unspecified atom stereocenters.